The fourth-order valence-corrected chi connectivity index (χ4v) is 4.65. The first-order valence-corrected chi connectivity index (χ1v) is 11.2. The molecule has 8 nitrogen and oxygen atoms in total. The van der Waals surface area contributed by atoms with Crippen LogP contribution in [0.4, 0.5) is 20.9 Å². The second kappa shape index (κ2) is 9.03. The molecule has 1 atom stereocenters. The van der Waals surface area contributed by atoms with Crippen molar-refractivity contribution in [1.82, 2.24) is 14.8 Å². The zero-order valence-electron chi connectivity index (χ0n) is 17.3. The van der Waals surface area contributed by atoms with Crippen molar-refractivity contribution in [3.8, 4) is 10.6 Å². The second-order valence-corrected chi connectivity index (χ2v) is 8.57. The number of amides is 1. The van der Waals surface area contributed by atoms with Gasteiger partial charge in [-0.3, -0.25) is 4.79 Å². The van der Waals surface area contributed by atoms with E-state index in [0.717, 1.165) is 49.5 Å². The Balaban J connectivity index is 1.60. The topological polar surface area (TPSA) is 115 Å². The summed E-state index contributed by atoms with van der Waals surface area (Å²) < 4.78 is 16.0. The quantitative estimate of drug-likeness (QED) is 0.557. The lowest BCUT2D eigenvalue weighted by molar-refractivity contribution is 0.102. The van der Waals surface area contributed by atoms with Crippen LogP contribution in [-0.2, 0) is 6.54 Å². The third-order valence-corrected chi connectivity index (χ3v) is 6.32. The Bertz CT molecular complexity index is 1080. The zero-order chi connectivity index (χ0) is 22.0. The summed E-state index contributed by atoms with van der Waals surface area (Å²) in [5.41, 5.74) is 13.2. The maximum atomic E-state index is 14.1. The summed E-state index contributed by atoms with van der Waals surface area (Å²) in [4.78, 5) is 19.5. The third-order valence-electron chi connectivity index (χ3n) is 5.40. The molecule has 0 bridgehead atoms. The summed E-state index contributed by atoms with van der Waals surface area (Å²) in [5, 5.41) is 7.93. The van der Waals surface area contributed by atoms with Gasteiger partial charge in [-0.1, -0.05) is 23.5 Å². The smallest absolute Gasteiger partial charge is 0.277 e. The number of nitrogens with zero attached hydrogens (tertiary/aromatic N) is 4. The molecule has 1 aliphatic heterocycles. The number of carbonyl (C=O) groups is 1. The molecule has 1 unspecified atom stereocenters. The Labute approximate surface area is 184 Å². The fourth-order valence-electron chi connectivity index (χ4n) is 3.79. The van der Waals surface area contributed by atoms with Crippen molar-refractivity contribution in [3.63, 3.8) is 0 Å². The Morgan fingerprint density at radius 2 is 2.13 bits per heavy atom. The van der Waals surface area contributed by atoms with Crippen molar-refractivity contribution in [2.75, 3.05) is 29.0 Å². The highest BCUT2D eigenvalue weighted by molar-refractivity contribution is 7.19. The molecule has 1 amide bonds. The van der Waals surface area contributed by atoms with Crippen LogP contribution in [0, 0.1) is 5.82 Å². The molecule has 0 saturated carbocycles. The van der Waals surface area contributed by atoms with Crippen molar-refractivity contribution in [3.05, 3.63) is 42.0 Å². The first kappa shape index (κ1) is 21.3. The zero-order valence-corrected chi connectivity index (χ0v) is 18.2. The van der Waals surface area contributed by atoms with E-state index in [1.165, 1.54) is 6.07 Å². The van der Waals surface area contributed by atoms with E-state index in [-0.39, 0.29) is 16.7 Å². The lowest BCUT2D eigenvalue weighted by Gasteiger charge is -2.24. The molecule has 0 radical (unpaired) electrons. The minimum atomic E-state index is -0.445. The standard InChI is InChI=1S/C21H26FN7OS/c1-2-29-21(28-10-5-6-13(23)9-11-28)16(12-25-29)26-19(30)17-18(24)31-20(27-17)14-7-3-4-8-15(14)22/h3-4,7-8,12-13H,2,5-6,9-11,23-24H2,1H3,(H,26,30). The van der Waals surface area contributed by atoms with Crippen molar-refractivity contribution >= 4 is 33.8 Å². The summed E-state index contributed by atoms with van der Waals surface area (Å²) in [5.74, 6) is 0.00179. The van der Waals surface area contributed by atoms with Gasteiger partial charge in [0.15, 0.2) is 11.5 Å². The van der Waals surface area contributed by atoms with E-state index < -0.39 is 11.7 Å². The molecule has 10 heteroatoms. The van der Waals surface area contributed by atoms with Crippen LogP contribution in [0.3, 0.4) is 0 Å². The molecular weight excluding hydrogens is 417 g/mol. The number of anilines is 3. The Hall–Kier alpha value is -2.98. The van der Waals surface area contributed by atoms with E-state index in [4.69, 9.17) is 11.5 Å². The van der Waals surface area contributed by atoms with E-state index in [1.807, 2.05) is 11.6 Å². The highest BCUT2D eigenvalue weighted by atomic mass is 32.1. The van der Waals surface area contributed by atoms with Gasteiger partial charge in [0.1, 0.15) is 21.5 Å². The summed E-state index contributed by atoms with van der Waals surface area (Å²) in [6.07, 6.45) is 4.48. The number of halogens is 1. The molecule has 1 aliphatic rings. The van der Waals surface area contributed by atoms with Gasteiger partial charge in [-0.2, -0.15) is 5.10 Å². The second-order valence-electron chi connectivity index (χ2n) is 7.54. The number of thiazole rings is 1. The number of aromatic nitrogens is 3. The van der Waals surface area contributed by atoms with Crippen molar-refractivity contribution in [1.29, 1.82) is 0 Å². The molecule has 164 valence electrons. The molecule has 4 rings (SSSR count). The highest BCUT2D eigenvalue weighted by Gasteiger charge is 2.24. The molecule has 31 heavy (non-hydrogen) atoms. The van der Waals surface area contributed by atoms with Crippen LogP contribution in [0.1, 0.15) is 36.7 Å². The van der Waals surface area contributed by atoms with E-state index in [9.17, 15) is 9.18 Å². The lowest BCUT2D eigenvalue weighted by atomic mass is 10.1. The molecule has 0 aliphatic carbocycles. The summed E-state index contributed by atoms with van der Waals surface area (Å²) in [6, 6.07) is 6.47. The molecule has 1 aromatic carbocycles. The van der Waals surface area contributed by atoms with Crippen LogP contribution in [0.5, 0.6) is 0 Å². The van der Waals surface area contributed by atoms with Crippen molar-refractivity contribution < 1.29 is 9.18 Å². The number of hydrogen-bond donors (Lipinski definition) is 3. The number of benzene rings is 1. The van der Waals surface area contributed by atoms with Crippen molar-refractivity contribution in [2.45, 2.75) is 38.8 Å². The number of nitrogen functional groups attached to an aromatic ring is 1. The van der Waals surface area contributed by atoms with Crippen LogP contribution in [0.25, 0.3) is 10.6 Å². The molecule has 1 saturated heterocycles. The number of nitrogens with two attached hydrogens (primary N) is 2. The van der Waals surface area contributed by atoms with E-state index >= 15 is 0 Å². The molecule has 3 aromatic rings. The molecule has 0 spiro atoms. The monoisotopic (exact) mass is 443 g/mol. The van der Waals surface area contributed by atoms with Crippen LogP contribution in [-0.4, -0.2) is 39.8 Å². The fraction of sp³-hybridized carbons (Fsp3) is 0.381. The molecule has 2 aromatic heterocycles. The van der Waals surface area contributed by atoms with Crippen LogP contribution in [0.15, 0.2) is 30.5 Å². The van der Waals surface area contributed by atoms with Crippen LogP contribution < -0.4 is 21.7 Å². The third kappa shape index (κ3) is 4.40. The number of hydrogen-bond acceptors (Lipinski definition) is 7. The van der Waals surface area contributed by atoms with Gasteiger partial charge in [0, 0.05) is 31.2 Å². The van der Waals surface area contributed by atoms with Crippen molar-refractivity contribution in [2.24, 2.45) is 5.73 Å². The van der Waals surface area contributed by atoms with Gasteiger partial charge in [0.2, 0.25) is 0 Å². The lowest BCUT2D eigenvalue weighted by Crippen LogP contribution is -2.29. The average molecular weight is 444 g/mol. The maximum Gasteiger partial charge on any atom is 0.277 e. The predicted octanol–water partition coefficient (Wildman–Crippen LogP) is 3.32. The Kier molecular flexibility index (Phi) is 6.19. The number of rotatable bonds is 5. The van der Waals surface area contributed by atoms with Gasteiger partial charge in [-0.15, -0.1) is 0 Å². The SMILES string of the molecule is CCn1ncc(NC(=O)c2nc(-c3ccccc3F)sc2N)c1N1CCCC(N)CC1. The van der Waals surface area contributed by atoms with Gasteiger partial charge >= 0.3 is 0 Å². The van der Waals surface area contributed by atoms with E-state index in [2.05, 4.69) is 20.3 Å². The van der Waals surface area contributed by atoms with Gasteiger partial charge in [0.25, 0.3) is 5.91 Å². The Morgan fingerprint density at radius 1 is 1.32 bits per heavy atom. The first-order chi connectivity index (χ1) is 15.0. The van der Waals surface area contributed by atoms with Gasteiger partial charge in [-0.05, 0) is 38.3 Å². The molecule has 1 fully saturated rings. The highest BCUT2D eigenvalue weighted by Crippen LogP contribution is 2.33. The number of nitrogens with one attached hydrogen (secondary N) is 1. The largest absolute Gasteiger partial charge is 0.389 e. The number of carbonyl (C=O) groups excluding carboxylic acids is 1. The average Bonchev–Trinajstić information content (AvgIpc) is 3.27. The maximum absolute atomic E-state index is 14.1. The Morgan fingerprint density at radius 3 is 2.90 bits per heavy atom. The van der Waals surface area contributed by atoms with E-state index in [1.54, 1.807) is 24.4 Å². The predicted molar refractivity (Wildman–Crippen MR) is 122 cm³/mol. The molecule has 5 N–H and O–H groups in total. The minimum absolute atomic E-state index is 0.0799. The summed E-state index contributed by atoms with van der Waals surface area (Å²) in [6.45, 7) is 4.32. The summed E-state index contributed by atoms with van der Waals surface area (Å²) >= 11 is 1.09. The molecular formula is C21H26FN7OS. The minimum Gasteiger partial charge on any atom is -0.389 e. The molecule has 3 heterocycles. The van der Waals surface area contributed by atoms with Gasteiger partial charge < -0.3 is 21.7 Å². The first-order valence-electron chi connectivity index (χ1n) is 10.4. The van der Waals surface area contributed by atoms with E-state index in [0.29, 0.717) is 22.8 Å². The number of aryl methyl sites for hydroxylation is 1. The summed E-state index contributed by atoms with van der Waals surface area (Å²) in [7, 11) is 0. The van der Waals surface area contributed by atoms with Gasteiger partial charge in [0.05, 0.1) is 6.20 Å². The van der Waals surface area contributed by atoms with Gasteiger partial charge in [-0.25, -0.2) is 14.1 Å². The van der Waals surface area contributed by atoms with Crippen LogP contribution in [0.2, 0.25) is 0 Å². The van der Waals surface area contributed by atoms with Crippen LogP contribution >= 0.6 is 11.3 Å². The normalized spacial score (nSPS) is 16.9.